The third kappa shape index (κ3) is 2.67. The first-order valence-electron chi connectivity index (χ1n) is 8.15. The van der Waals surface area contributed by atoms with Crippen molar-refractivity contribution in [2.45, 2.75) is 37.3 Å². The molecule has 5 heteroatoms. The van der Waals surface area contributed by atoms with Crippen LogP contribution in [-0.4, -0.2) is 28.4 Å². The molecule has 0 atom stereocenters. The van der Waals surface area contributed by atoms with Gasteiger partial charge in [-0.1, -0.05) is 49.0 Å². The molecule has 0 amide bonds. The molecule has 23 heavy (non-hydrogen) atoms. The van der Waals surface area contributed by atoms with Gasteiger partial charge in [0, 0.05) is 11.1 Å². The van der Waals surface area contributed by atoms with Crippen LogP contribution >= 0.6 is 11.8 Å². The molecule has 1 aromatic heterocycles. The number of rotatable bonds is 5. The van der Waals surface area contributed by atoms with E-state index < -0.39 is 0 Å². The maximum atomic E-state index is 6.12. The summed E-state index contributed by atoms with van der Waals surface area (Å²) in [5, 5.41) is 11.8. The second kappa shape index (κ2) is 6.04. The van der Waals surface area contributed by atoms with Gasteiger partial charge in [-0.05, 0) is 42.2 Å². The van der Waals surface area contributed by atoms with Crippen molar-refractivity contribution in [2.24, 2.45) is 0 Å². The van der Waals surface area contributed by atoms with Crippen molar-refractivity contribution in [3.05, 3.63) is 42.0 Å². The van der Waals surface area contributed by atoms with Crippen molar-refractivity contribution in [2.75, 3.05) is 5.75 Å². The predicted octanol–water partition coefficient (Wildman–Crippen LogP) is 3.59. The Morgan fingerprint density at radius 3 is 2.65 bits per heavy atom. The van der Waals surface area contributed by atoms with Crippen LogP contribution in [0.2, 0.25) is 0 Å². The predicted molar refractivity (Wildman–Crippen MR) is 97.2 cm³/mol. The molecule has 1 aliphatic carbocycles. The molecule has 1 fully saturated rings. The van der Waals surface area contributed by atoms with E-state index in [1.807, 2.05) is 4.57 Å². The molecule has 0 aliphatic heterocycles. The molecule has 1 aliphatic rings. The van der Waals surface area contributed by atoms with Gasteiger partial charge in [-0.15, -0.1) is 10.2 Å². The zero-order valence-electron chi connectivity index (χ0n) is 13.2. The topological polar surface area (TPSA) is 30.7 Å². The second-order valence-electron chi connectivity index (χ2n) is 6.02. The Hall–Kier alpha value is -1.75. The molecule has 1 saturated carbocycles. The maximum Gasteiger partial charge on any atom is 0.195 e. The van der Waals surface area contributed by atoms with Gasteiger partial charge >= 0.3 is 0 Å². The van der Waals surface area contributed by atoms with Crippen LogP contribution < -0.4 is 5.72 Å². The number of aromatic nitrogens is 3. The Kier molecular flexibility index (Phi) is 3.89. The summed E-state index contributed by atoms with van der Waals surface area (Å²) in [7, 11) is 6.12. The molecule has 3 nitrogen and oxygen atoms in total. The summed E-state index contributed by atoms with van der Waals surface area (Å²) in [5.41, 5.74) is 2.98. The number of nitrogens with zero attached hydrogens (tertiary/aromatic N) is 3. The van der Waals surface area contributed by atoms with E-state index >= 15 is 0 Å². The molecule has 1 heterocycles. The molecule has 3 aromatic rings. The highest BCUT2D eigenvalue weighted by molar-refractivity contribution is 7.99. The summed E-state index contributed by atoms with van der Waals surface area (Å²) in [6.45, 7) is 2.16. The minimum atomic E-state index is 0.452. The fraction of sp³-hybridized carbons (Fsp3) is 0.333. The van der Waals surface area contributed by atoms with E-state index in [0.29, 0.717) is 5.72 Å². The summed E-state index contributed by atoms with van der Waals surface area (Å²) >= 11 is 1.70. The number of thioether (sulfide) groups is 1. The molecule has 0 unspecified atom stereocenters. The van der Waals surface area contributed by atoms with Gasteiger partial charge in [0.2, 0.25) is 0 Å². The van der Waals surface area contributed by atoms with E-state index in [4.69, 9.17) is 7.85 Å². The Morgan fingerprint density at radius 1 is 1.13 bits per heavy atom. The van der Waals surface area contributed by atoms with Crippen LogP contribution in [0.3, 0.4) is 0 Å². The summed E-state index contributed by atoms with van der Waals surface area (Å²) < 4.78 is 1.99. The quantitative estimate of drug-likeness (QED) is 0.532. The van der Waals surface area contributed by atoms with Gasteiger partial charge in [0.1, 0.15) is 0 Å². The van der Waals surface area contributed by atoms with Crippen LogP contribution in [0.5, 0.6) is 0 Å². The van der Waals surface area contributed by atoms with E-state index in [2.05, 4.69) is 53.5 Å². The zero-order valence-corrected chi connectivity index (χ0v) is 14.0. The molecular weight excluding hydrogens is 301 g/mol. The number of benzene rings is 2. The highest BCUT2D eigenvalue weighted by Crippen LogP contribution is 2.44. The summed E-state index contributed by atoms with van der Waals surface area (Å²) in [6.07, 6.45) is 3.70. The lowest BCUT2D eigenvalue weighted by Gasteiger charge is -2.14. The molecule has 0 spiro atoms. The highest BCUT2D eigenvalue weighted by Gasteiger charge is 2.26. The first-order chi connectivity index (χ1) is 11.3. The van der Waals surface area contributed by atoms with Gasteiger partial charge in [0.05, 0.1) is 11.4 Å². The molecular formula is C18H18BN3S. The van der Waals surface area contributed by atoms with E-state index in [1.54, 1.807) is 11.8 Å². The largest absolute Gasteiger partial charge is 0.283 e. The van der Waals surface area contributed by atoms with Crippen molar-refractivity contribution in [3.63, 3.8) is 0 Å². The van der Waals surface area contributed by atoms with Gasteiger partial charge in [-0.25, -0.2) is 0 Å². The molecule has 114 valence electrons. The summed E-state index contributed by atoms with van der Waals surface area (Å²) in [5.74, 6) is 1.73. The molecule has 0 saturated heterocycles. The fourth-order valence-electron chi connectivity index (χ4n) is 3.05. The van der Waals surface area contributed by atoms with Gasteiger partial charge < -0.3 is 0 Å². The Labute approximate surface area is 141 Å². The van der Waals surface area contributed by atoms with Crippen molar-refractivity contribution in [1.29, 1.82) is 0 Å². The fourth-order valence-corrected chi connectivity index (χ4v) is 3.85. The molecule has 2 radical (unpaired) electrons. The van der Waals surface area contributed by atoms with Crippen LogP contribution in [0.15, 0.2) is 41.6 Å². The van der Waals surface area contributed by atoms with Crippen LogP contribution in [0.4, 0.5) is 0 Å². The Morgan fingerprint density at radius 2 is 1.91 bits per heavy atom. The number of hydrogen-bond acceptors (Lipinski definition) is 3. The van der Waals surface area contributed by atoms with Gasteiger partial charge in [0.15, 0.2) is 13.0 Å². The standard InChI is InChI=1S/C18H18BN3S/c1-2-11-23-18-21-20-17(19)22(18)16-10-9-13(12-7-8-12)14-5-3-4-6-15(14)16/h3-6,9-10,12H,2,7-8,11H2,1H3. The number of fused-ring (bicyclic) bond motifs is 1. The summed E-state index contributed by atoms with van der Waals surface area (Å²) in [6, 6.07) is 13.0. The van der Waals surface area contributed by atoms with Gasteiger partial charge in [-0.2, -0.15) is 0 Å². The molecule has 4 rings (SSSR count). The second-order valence-corrected chi connectivity index (χ2v) is 7.08. The molecule has 0 N–H and O–H groups in total. The Bertz CT molecular complexity index is 855. The lowest BCUT2D eigenvalue weighted by atomic mass is 9.99. The third-order valence-electron chi connectivity index (χ3n) is 4.29. The smallest absolute Gasteiger partial charge is 0.195 e. The SMILES string of the molecule is [B]c1nnc(SCCC)n1-c1ccc(C2CC2)c2ccccc12. The minimum absolute atomic E-state index is 0.452. The van der Waals surface area contributed by atoms with E-state index in [9.17, 15) is 0 Å². The molecule has 2 aromatic carbocycles. The van der Waals surface area contributed by atoms with Crippen LogP contribution in [-0.2, 0) is 0 Å². The zero-order chi connectivity index (χ0) is 15.8. The van der Waals surface area contributed by atoms with Crippen molar-refractivity contribution >= 4 is 36.1 Å². The minimum Gasteiger partial charge on any atom is -0.283 e. The lowest BCUT2D eigenvalue weighted by Crippen LogP contribution is -2.18. The highest BCUT2D eigenvalue weighted by atomic mass is 32.2. The van der Waals surface area contributed by atoms with E-state index in [1.165, 1.54) is 29.2 Å². The van der Waals surface area contributed by atoms with Crippen molar-refractivity contribution in [3.8, 4) is 5.69 Å². The monoisotopic (exact) mass is 319 g/mol. The maximum absolute atomic E-state index is 6.12. The van der Waals surface area contributed by atoms with Crippen LogP contribution in [0.25, 0.3) is 16.5 Å². The lowest BCUT2D eigenvalue weighted by molar-refractivity contribution is 0.891. The average Bonchev–Trinajstić information content (AvgIpc) is 3.36. The Balaban J connectivity index is 1.90. The first kappa shape index (κ1) is 14.8. The first-order valence-corrected chi connectivity index (χ1v) is 9.14. The van der Waals surface area contributed by atoms with E-state index in [0.717, 1.165) is 28.9 Å². The van der Waals surface area contributed by atoms with E-state index in [-0.39, 0.29) is 0 Å². The van der Waals surface area contributed by atoms with Gasteiger partial charge in [-0.3, -0.25) is 4.57 Å². The normalized spacial score (nSPS) is 14.5. The van der Waals surface area contributed by atoms with Crippen molar-refractivity contribution in [1.82, 2.24) is 14.8 Å². The summed E-state index contributed by atoms with van der Waals surface area (Å²) in [4.78, 5) is 0. The number of hydrogen-bond donors (Lipinski definition) is 0. The average molecular weight is 319 g/mol. The van der Waals surface area contributed by atoms with Crippen LogP contribution in [0.1, 0.15) is 37.7 Å². The molecule has 0 bridgehead atoms. The van der Waals surface area contributed by atoms with Crippen molar-refractivity contribution < 1.29 is 0 Å². The van der Waals surface area contributed by atoms with Gasteiger partial charge in [0.25, 0.3) is 0 Å². The third-order valence-corrected chi connectivity index (χ3v) is 5.42. The van der Waals surface area contributed by atoms with Crippen LogP contribution in [0, 0.1) is 0 Å².